The molecule has 124 valence electrons. The predicted octanol–water partition coefficient (Wildman–Crippen LogP) is 1.13. The van der Waals surface area contributed by atoms with E-state index in [1.807, 2.05) is 0 Å². The second kappa shape index (κ2) is 6.07. The Morgan fingerprint density at radius 2 is 1.73 bits per heavy atom. The Morgan fingerprint density at radius 3 is 2.14 bits per heavy atom. The number of rotatable bonds is 4. The van der Waals surface area contributed by atoms with Crippen LogP contribution in [0.3, 0.4) is 0 Å². The number of hydrogen-bond donors (Lipinski definition) is 3. The average molecular weight is 341 g/mol. The lowest BCUT2D eigenvalue weighted by Crippen LogP contribution is -2.40. The summed E-state index contributed by atoms with van der Waals surface area (Å²) in [5, 5.41) is 17.5. The molecule has 0 aliphatic heterocycles. The van der Waals surface area contributed by atoms with Gasteiger partial charge >= 0.3 is 13.5 Å². The maximum Gasteiger partial charge on any atom is 0.707 e. The molecule has 0 saturated heterocycles. The van der Waals surface area contributed by atoms with Crippen LogP contribution in [0.2, 0.25) is 0 Å². The number of hydrogen-bond acceptors (Lipinski definition) is 5. The van der Waals surface area contributed by atoms with Gasteiger partial charge in [-0.1, -0.05) is 0 Å². The van der Waals surface area contributed by atoms with Crippen LogP contribution in [0, 0.1) is 0 Å². The lowest BCUT2D eigenvalue weighted by atomic mass is 10.1. The van der Waals surface area contributed by atoms with Crippen molar-refractivity contribution in [2.24, 2.45) is 0 Å². The van der Waals surface area contributed by atoms with Crippen LogP contribution in [0.1, 0.15) is 26.3 Å². The summed E-state index contributed by atoms with van der Waals surface area (Å²) in [7, 11) is -6.69. The van der Waals surface area contributed by atoms with Gasteiger partial charge in [0.15, 0.2) is 0 Å². The average Bonchev–Trinajstić information content (AvgIpc) is 2.22. The summed E-state index contributed by atoms with van der Waals surface area (Å²) in [5.41, 5.74) is -2.07. The minimum absolute atomic E-state index is 0.386. The second-order valence-corrected chi connectivity index (χ2v) is 7.11. The van der Waals surface area contributed by atoms with E-state index >= 15 is 0 Å². The Balaban J connectivity index is 3.41. The zero-order chi connectivity index (χ0) is 17.3. The van der Waals surface area contributed by atoms with E-state index in [2.05, 4.69) is 9.38 Å². The lowest BCUT2D eigenvalue weighted by Gasteiger charge is -2.22. The molecule has 0 aliphatic carbocycles. The van der Waals surface area contributed by atoms with E-state index in [0.717, 1.165) is 0 Å². The van der Waals surface area contributed by atoms with Crippen LogP contribution in [0.4, 0.5) is 13.2 Å². The van der Waals surface area contributed by atoms with Crippen LogP contribution in [-0.4, -0.2) is 31.3 Å². The van der Waals surface area contributed by atoms with Gasteiger partial charge in [-0.3, -0.25) is 0 Å². The molecule has 0 spiro atoms. The molecule has 6 nitrogen and oxygen atoms in total. The summed E-state index contributed by atoms with van der Waals surface area (Å²) < 4.78 is 68.9. The summed E-state index contributed by atoms with van der Waals surface area (Å²) in [4.78, 5) is -0.636. The molecular weight excluding hydrogens is 326 g/mol. The number of halogens is 3. The maximum absolute atomic E-state index is 12.7. The summed E-state index contributed by atoms with van der Waals surface area (Å²) in [6.07, 6.45) is -4.74. The van der Waals surface area contributed by atoms with Crippen LogP contribution in [-0.2, 0) is 16.2 Å². The molecule has 0 fully saturated rings. The van der Waals surface area contributed by atoms with Gasteiger partial charge in [-0.05, 0) is 39.0 Å². The van der Waals surface area contributed by atoms with Gasteiger partial charge in [0, 0.05) is 5.54 Å². The van der Waals surface area contributed by atoms with E-state index in [1.165, 1.54) is 20.8 Å². The molecule has 11 heteroatoms. The third-order valence-electron chi connectivity index (χ3n) is 2.23. The first kappa shape index (κ1) is 18.8. The topological polar surface area (TPSA) is 95.9 Å². The highest BCUT2D eigenvalue weighted by Crippen LogP contribution is 2.35. The van der Waals surface area contributed by atoms with Crippen molar-refractivity contribution in [1.82, 2.24) is 4.72 Å². The van der Waals surface area contributed by atoms with E-state index in [9.17, 15) is 21.6 Å². The van der Waals surface area contributed by atoms with E-state index < -0.39 is 45.3 Å². The fraction of sp³-hybridized carbons (Fsp3) is 0.455. The summed E-state index contributed by atoms with van der Waals surface area (Å²) in [6.45, 7) is 4.61. The van der Waals surface area contributed by atoms with Crippen LogP contribution >= 0.6 is 0 Å². The van der Waals surface area contributed by atoms with E-state index in [4.69, 9.17) is 10.0 Å². The van der Waals surface area contributed by atoms with E-state index in [0.29, 0.717) is 18.2 Å². The quantitative estimate of drug-likeness (QED) is 0.714. The van der Waals surface area contributed by atoms with Gasteiger partial charge in [0.1, 0.15) is 10.6 Å². The second-order valence-electron chi connectivity index (χ2n) is 5.46. The minimum Gasteiger partial charge on any atom is -0.511 e. The molecular formula is C11H15BF3NO5S. The Morgan fingerprint density at radius 1 is 1.18 bits per heavy atom. The zero-order valence-corrected chi connectivity index (χ0v) is 12.8. The van der Waals surface area contributed by atoms with Crippen LogP contribution in [0.25, 0.3) is 0 Å². The van der Waals surface area contributed by atoms with Gasteiger partial charge in [-0.15, -0.1) is 0 Å². The smallest absolute Gasteiger partial charge is 0.511 e. The summed E-state index contributed by atoms with van der Waals surface area (Å²) in [6, 6.07) is 1.64. The molecule has 1 rings (SSSR count). The van der Waals surface area contributed by atoms with Crippen molar-refractivity contribution in [2.45, 2.75) is 37.4 Å². The molecule has 0 unspecified atom stereocenters. The largest absolute Gasteiger partial charge is 0.707 e. The third-order valence-corrected chi connectivity index (χ3v) is 4.03. The molecule has 1 aromatic carbocycles. The molecule has 3 N–H and O–H groups in total. The fourth-order valence-corrected chi connectivity index (χ4v) is 3.11. The highest BCUT2D eigenvalue weighted by molar-refractivity contribution is 7.89. The molecule has 0 bridgehead atoms. The summed E-state index contributed by atoms with van der Waals surface area (Å²) in [5.74, 6) is -0.818. The van der Waals surface area contributed by atoms with Gasteiger partial charge in [0.25, 0.3) is 0 Å². The first-order valence-electron chi connectivity index (χ1n) is 6.00. The first-order valence-corrected chi connectivity index (χ1v) is 7.49. The highest BCUT2D eigenvalue weighted by Gasteiger charge is 2.34. The van der Waals surface area contributed by atoms with Crippen LogP contribution in [0.15, 0.2) is 23.1 Å². The van der Waals surface area contributed by atoms with Crippen molar-refractivity contribution in [3.63, 3.8) is 0 Å². The first-order chi connectivity index (χ1) is 9.72. The monoisotopic (exact) mass is 341 g/mol. The Hall–Kier alpha value is -1.30. The normalized spacial score (nSPS) is 13.1. The van der Waals surface area contributed by atoms with Gasteiger partial charge in [0.05, 0.1) is 5.56 Å². The van der Waals surface area contributed by atoms with Crippen molar-refractivity contribution in [3.05, 3.63) is 23.8 Å². The Kier molecular flexibility index (Phi) is 5.17. The molecule has 22 heavy (non-hydrogen) atoms. The molecule has 0 amide bonds. The molecule has 1 aromatic rings. The van der Waals surface area contributed by atoms with Crippen molar-refractivity contribution in [3.8, 4) is 5.75 Å². The van der Waals surface area contributed by atoms with E-state index in [-0.39, 0.29) is 0 Å². The van der Waals surface area contributed by atoms with Crippen LogP contribution in [0.5, 0.6) is 5.75 Å². The Bertz CT molecular complexity index is 640. The SMILES string of the molecule is CC(C)(C)NS(=O)(=O)c1ccc(C(F)(F)F)cc1OB(O)O. The third kappa shape index (κ3) is 5.16. The standard InChI is InChI=1S/C11H15BF3NO5S/c1-10(2,3)16-22(19,20)9-5-4-7(11(13,14)15)6-8(9)21-12(17)18/h4-6,16-18H,1-3H3. The maximum atomic E-state index is 12.7. The van der Waals surface area contributed by atoms with Crippen molar-refractivity contribution < 1.29 is 36.3 Å². The van der Waals surface area contributed by atoms with E-state index in [1.54, 1.807) is 0 Å². The molecule has 0 radical (unpaired) electrons. The van der Waals surface area contributed by atoms with Gasteiger partial charge in [-0.2, -0.15) is 13.2 Å². The van der Waals surface area contributed by atoms with Gasteiger partial charge in [-0.25, -0.2) is 13.1 Å². The van der Waals surface area contributed by atoms with Crippen molar-refractivity contribution in [1.29, 1.82) is 0 Å². The molecule has 0 aromatic heterocycles. The molecule has 0 atom stereocenters. The minimum atomic E-state index is -4.74. The van der Waals surface area contributed by atoms with Crippen molar-refractivity contribution >= 4 is 17.3 Å². The summed E-state index contributed by atoms with van der Waals surface area (Å²) >= 11 is 0. The highest BCUT2D eigenvalue weighted by atomic mass is 32.2. The molecule has 0 saturated carbocycles. The number of sulfonamides is 1. The fourth-order valence-electron chi connectivity index (χ4n) is 1.57. The number of alkyl halides is 3. The lowest BCUT2D eigenvalue weighted by molar-refractivity contribution is -0.137. The zero-order valence-electron chi connectivity index (χ0n) is 12.0. The van der Waals surface area contributed by atoms with Gasteiger partial charge < -0.3 is 14.7 Å². The number of nitrogens with one attached hydrogen (secondary N) is 1. The predicted molar refractivity (Wildman–Crippen MR) is 72.3 cm³/mol. The molecule has 0 aliphatic rings. The van der Waals surface area contributed by atoms with Crippen LogP contribution < -0.4 is 9.38 Å². The molecule has 0 heterocycles. The van der Waals surface area contributed by atoms with Crippen molar-refractivity contribution in [2.75, 3.05) is 0 Å². The number of benzene rings is 1. The van der Waals surface area contributed by atoms with Gasteiger partial charge in [0.2, 0.25) is 10.0 Å². The Labute approximate surface area is 126 Å².